The highest BCUT2D eigenvalue weighted by Gasteiger charge is 2.56. The topological polar surface area (TPSA) is 69.6 Å². The minimum atomic E-state index is -0.970. The Balaban J connectivity index is 2.14. The number of rotatable bonds is 5. The maximum Gasteiger partial charge on any atom is 0.325 e. The SMILES string of the molecule is CCC(O)(CC)CN1C(=O)NC(C)(C2CC2)C1=O. The van der Waals surface area contributed by atoms with E-state index in [1.807, 2.05) is 13.8 Å². The fourth-order valence-electron chi connectivity index (χ4n) is 2.56. The molecule has 102 valence electrons. The average molecular weight is 254 g/mol. The molecular formula is C13H22N2O3. The van der Waals surface area contributed by atoms with Gasteiger partial charge in [-0.1, -0.05) is 13.8 Å². The largest absolute Gasteiger partial charge is 0.388 e. The van der Waals surface area contributed by atoms with Crippen molar-refractivity contribution >= 4 is 11.9 Å². The highest BCUT2D eigenvalue weighted by molar-refractivity contribution is 6.07. The summed E-state index contributed by atoms with van der Waals surface area (Å²) in [5, 5.41) is 13.1. The number of nitrogens with one attached hydrogen (secondary N) is 1. The van der Waals surface area contributed by atoms with E-state index in [1.54, 1.807) is 6.92 Å². The molecule has 1 heterocycles. The third-order valence-corrected chi connectivity index (χ3v) is 4.46. The van der Waals surface area contributed by atoms with Crippen LogP contribution in [0.15, 0.2) is 0 Å². The molecule has 1 aliphatic carbocycles. The zero-order valence-electron chi connectivity index (χ0n) is 11.3. The van der Waals surface area contributed by atoms with Gasteiger partial charge >= 0.3 is 6.03 Å². The van der Waals surface area contributed by atoms with E-state index in [1.165, 1.54) is 4.90 Å². The van der Waals surface area contributed by atoms with Crippen LogP contribution >= 0.6 is 0 Å². The molecule has 2 N–H and O–H groups in total. The summed E-state index contributed by atoms with van der Waals surface area (Å²) >= 11 is 0. The number of hydrogen-bond acceptors (Lipinski definition) is 3. The molecule has 0 bridgehead atoms. The number of β-amino-alcohol motifs (C(OH)–C–C–N with tert-alkyl or cyclic N) is 1. The van der Waals surface area contributed by atoms with Gasteiger partial charge in [0.1, 0.15) is 5.54 Å². The Morgan fingerprint density at radius 3 is 2.39 bits per heavy atom. The van der Waals surface area contributed by atoms with Crippen molar-refractivity contribution in [3.05, 3.63) is 0 Å². The summed E-state index contributed by atoms with van der Waals surface area (Å²) in [6.07, 6.45) is 3.03. The summed E-state index contributed by atoms with van der Waals surface area (Å²) in [5.41, 5.74) is -1.72. The molecule has 18 heavy (non-hydrogen) atoms. The molecular weight excluding hydrogens is 232 g/mol. The summed E-state index contributed by atoms with van der Waals surface area (Å²) < 4.78 is 0. The lowest BCUT2D eigenvalue weighted by Crippen LogP contribution is -2.48. The van der Waals surface area contributed by atoms with Crippen LogP contribution in [0.1, 0.15) is 46.5 Å². The molecule has 5 nitrogen and oxygen atoms in total. The van der Waals surface area contributed by atoms with E-state index in [0.29, 0.717) is 12.8 Å². The van der Waals surface area contributed by atoms with Crippen molar-refractivity contribution in [3.63, 3.8) is 0 Å². The molecule has 1 unspecified atom stereocenters. The number of carbonyl (C=O) groups excluding carboxylic acids is 2. The van der Waals surface area contributed by atoms with Gasteiger partial charge in [-0.25, -0.2) is 4.79 Å². The molecule has 1 saturated heterocycles. The first-order valence-electron chi connectivity index (χ1n) is 6.73. The second-order valence-electron chi connectivity index (χ2n) is 5.73. The summed E-state index contributed by atoms with van der Waals surface area (Å²) in [4.78, 5) is 25.5. The molecule has 2 fully saturated rings. The Hall–Kier alpha value is -1.10. The molecule has 1 aliphatic heterocycles. The molecule has 3 amide bonds. The first-order chi connectivity index (χ1) is 8.36. The molecule has 0 spiro atoms. The highest BCUT2D eigenvalue weighted by Crippen LogP contribution is 2.42. The molecule has 1 atom stereocenters. The van der Waals surface area contributed by atoms with E-state index in [0.717, 1.165) is 12.8 Å². The van der Waals surface area contributed by atoms with Gasteiger partial charge in [-0.15, -0.1) is 0 Å². The van der Waals surface area contributed by atoms with Crippen molar-refractivity contribution in [1.82, 2.24) is 10.2 Å². The van der Waals surface area contributed by atoms with Crippen LogP contribution < -0.4 is 5.32 Å². The number of imide groups is 1. The van der Waals surface area contributed by atoms with Crippen LogP contribution in [0.2, 0.25) is 0 Å². The lowest BCUT2D eigenvalue weighted by atomic mass is 9.94. The van der Waals surface area contributed by atoms with Gasteiger partial charge < -0.3 is 10.4 Å². The van der Waals surface area contributed by atoms with E-state index in [2.05, 4.69) is 5.32 Å². The van der Waals surface area contributed by atoms with Gasteiger partial charge in [0.25, 0.3) is 5.91 Å². The van der Waals surface area contributed by atoms with Gasteiger partial charge in [0, 0.05) is 0 Å². The molecule has 2 aliphatic rings. The predicted octanol–water partition coefficient (Wildman–Crippen LogP) is 1.26. The number of nitrogens with zero attached hydrogens (tertiary/aromatic N) is 1. The quantitative estimate of drug-likeness (QED) is 0.726. The maximum atomic E-state index is 12.4. The van der Waals surface area contributed by atoms with Crippen LogP contribution in [-0.4, -0.2) is 39.6 Å². The number of amides is 3. The van der Waals surface area contributed by atoms with Crippen LogP contribution in [0.4, 0.5) is 4.79 Å². The number of hydrogen-bond donors (Lipinski definition) is 2. The highest BCUT2D eigenvalue weighted by atomic mass is 16.3. The molecule has 0 radical (unpaired) electrons. The number of urea groups is 1. The standard InChI is InChI=1S/C13H22N2O3/c1-4-13(18,5-2)8-15-10(16)12(3,9-6-7-9)14-11(15)17/h9,18H,4-8H2,1-3H3,(H,14,17). The monoisotopic (exact) mass is 254 g/mol. The first-order valence-corrected chi connectivity index (χ1v) is 6.73. The predicted molar refractivity (Wildman–Crippen MR) is 66.9 cm³/mol. The van der Waals surface area contributed by atoms with E-state index in [9.17, 15) is 14.7 Å². The van der Waals surface area contributed by atoms with Gasteiger partial charge in [-0.3, -0.25) is 9.69 Å². The van der Waals surface area contributed by atoms with Crippen LogP contribution in [0, 0.1) is 5.92 Å². The van der Waals surface area contributed by atoms with Gasteiger partial charge in [0.2, 0.25) is 0 Å². The lowest BCUT2D eigenvalue weighted by Gasteiger charge is -2.29. The van der Waals surface area contributed by atoms with E-state index in [4.69, 9.17) is 0 Å². The summed E-state index contributed by atoms with van der Waals surface area (Å²) in [6.45, 7) is 5.61. The Kier molecular flexibility index (Phi) is 3.13. The van der Waals surface area contributed by atoms with Crippen molar-refractivity contribution in [2.24, 2.45) is 5.92 Å². The molecule has 2 rings (SSSR count). The van der Waals surface area contributed by atoms with Gasteiger partial charge in [0.05, 0.1) is 12.1 Å². The molecule has 0 aromatic heterocycles. The van der Waals surface area contributed by atoms with Gasteiger partial charge in [-0.05, 0) is 38.5 Å². The second kappa shape index (κ2) is 4.23. The van der Waals surface area contributed by atoms with Crippen LogP contribution in [0.3, 0.4) is 0 Å². The minimum absolute atomic E-state index is 0.0903. The smallest absolute Gasteiger partial charge is 0.325 e. The Morgan fingerprint density at radius 2 is 1.94 bits per heavy atom. The third-order valence-electron chi connectivity index (χ3n) is 4.46. The van der Waals surface area contributed by atoms with Crippen LogP contribution in [0.25, 0.3) is 0 Å². The lowest BCUT2D eigenvalue weighted by molar-refractivity contribution is -0.134. The minimum Gasteiger partial charge on any atom is -0.388 e. The second-order valence-corrected chi connectivity index (χ2v) is 5.73. The Labute approximate surface area is 108 Å². The molecule has 5 heteroatoms. The van der Waals surface area contributed by atoms with E-state index in [-0.39, 0.29) is 24.4 Å². The third kappa shape index (κ3) is 2.00. The van der Waals surface area contributed by atoms with Crippen LogP contribution in [0.5, 0.6) is 0 Å². The van der Waals surface area contributed by atoms with Crippen molar-refractivity contribution < 1.29 is 14.7 Å². The average Bonchev–Trinajstić information content (AvgIpc) is 3.16. The number of aliphatic hydroxyl groups is 1. The normalized spacial score (nSPS) is 28.8. The van der Waals surface area contributed by atoms with E-state index >= 15 is 0 Å². The van der Waals surface area contributed by atoms with E-state index < -0.39 is 11.1 Å². The molecule has 1 saturated carbocycles. The fraction of sp³-hybridized carbons (Fsp3) is 0.846. The molecule has 0 aromatic rings. The molecule has 0 aromatic carbocycles. The Morgan fingerprint density at radius 1 is 1.39 bits per heavy atom. The van der Waals surface area contributed by atoms with Crippen LogP contribution in [-0.2, 0) is 4.79 Å². The first kappa shape index (κ1) is 13.3. The zero-order valence-corrected chi connectivity index (χ0v) is 11.3. The van der Waals surface area contributed by atoms with Gasteiger partial charge in [0.15, 0.2) is 0 Å². The van der Waals surface area contributed by atoms with Crippen molar-refractivity contribution in [3.8, 4) is 0 Å². The Bertz CT molecular complexity index is 374. The fourth-order valence-corrected chi connectivity index (χ4v) is 2.56. The number of carbonyl (C=O) groups is 2. The summed E-state index contributed by atoms with van der Waals surface area (Å²) in [6, 6.07) is -0.366. The van der Waals surface area contributed by atoms with Crippen molar-refractivity contribution in [2.45, 2.75) is 57.6 Å². The maximum absolute atomic E-state index is 12.4. The van der Waals surface area contributed by atoms with Crippen molar-refractivity contribution in [2.75, 3.05) is 6.54 Å². The summed E-state index contributed by atoms with van der Waals surface area (Å²) in [5.74, 6) is 0.0746. The van der Waals surface area contributed by atoms with Gasteiger partial charge in [-0.2, -0.15) is 0 Å². The summed E-state index contributed by atoms with van der Waals surface area (Å²) in [7, 11) is 0. The zero-order chi connectivity index (χ0) is 13.6. The van der Waals surface area contributed by atoms with Crippen molar-refractivity contribution in [1.29, 1.82) is 0 Å².